The summed E-state index contributed by atoms with van der Waals surface area (Å²) in [5, 5.41) is 4.44. The Balaban J connectivity index is 1.28. The highest BCUT2D eigenvalue weighted by Gasteiger charge is 2.43. The lowest BCUT2D eigenvalue weighted by Gasteiger charge is -2.39. The predicted octanol–water partition coefficient (Wildman–Crippen LogP) is 3.40. The third kappa shape index (κ3) is 4.11. The van der Waals surface area contributed by atoms with Crippen molar-refractivity contribution in [1.29, 1.82) is 0 Å². The Hall–Kier alpha value is -1.27. The molecule has 2 aromatic heterocycles. The van der Waals surface area contributed by atoms with Crippen molar-refractivity contribution in [3.8, 4) is 0 Å². The maximum Gasteiger partial charge on any atom is 0.0723 e. The molecule has 0 radical (unpaired) electrons. The first-order valence-corrected chi connectivity index (χ1v) is 10.1. The van der Waals surface area contributed by atoms with Gasteiger partial charge in [-0.2, -0.15) is 11.3 Å². The van der Waals surface area contributed by atoms with Gasteiger partial charge in [0.15, 0.2) is 0 Å². The van der Waals surface area contributed by atoms with Crippen molar-refractivity contribution in [2.75, 3.05) is 26.7 Å². The van der Waals surface area contributed by atoms with Gasteiger partial charge in [-0.15, -0.1) is 0 Å². The van der Waals surface area contributed by atoms with Crippen LogP contribution in [0, 0.1) is 0 Å². The number of likely N-dealkylation sites (tertiary alicyclic amines) is 1. The van der Waals surface area contributed by atoms with Crippen LogP contribution in [-0.4, -0.2) is 53.2 Å². The zero-order valence-electron chi connectivity index (χ0n) is 14.9. The highest BCUT2D eigenvalue weighted by atomic mass is 32.1. The van der Waals surface area contributed by atoms with Crippen LogP contribution in [0.3, 0.4) is 0 Å². The van der Waals surface area contributed by atoms with Crippen molar-refractivity contribution >= 4 is 11.3 Å². The third-order valence-corrected chi connectivity index (χ3v) is 6.48. The summed E-state index contributed by atoms with van der Waals surface area (Å²) in [5.41, 5.74) is 2.88. The SMILES string of the molecule is CN(Cc1ccncc1)[C@@H]1COC2(CCN(Cc3ccsc3)CC2)C1. The van der Waals surface area contributed by atoms with Crippen molar-refractivity contribution in [1.82, 2.24) is 14.8 Å². The summed E-state index contributed by atoms with van der Waals surface area (Å²) < 4.78 is 6.36. The molecule has 0 bridgehead atoms. The fourth-order valence-corrected chi connectivity index (χ4v) is 4.78. The number of rotatable bonds is 5. The van der Waals surface area contributed by atoms with Crippen LogP contribution in [0.1, 0.15) is 30.4 Å². The van der Waals surface area contributed by atoms with Gasteiger partial charge in [0.2, 0.25) is 0 Å². The molecule has 4 heterocycles. The number of nitrogens with zero attached hydrogens (tertiary/aromatic N) is 3. The smallest absolute Gasteiger partial charge is 0.0723 e. The lowest BCUT2D eigenvalue weighted by Crippen LogP contribution is -2.44. The summed E-state index contributed by atoms with van der Waals surface area (Å²) in [7, 11) is 2.22. The Kier molecular flexibility index (Phi) is 5.17. The van der Waals surface area contributed by atoms with E-state index in [-0.39, 0.29) is 5.60 Å². The van der Waals surface area contributed by atoms with Gasteiger partial charge in [0.25, 0.3) is 0 Å². The molecule has 1 spiro atoms. The van der Waals surface area contributed by atoms with Crippen LogP contribution in [0.15, 0.2) is 41.4 Å². The number of hydrogen-bond acceptors (Lipinski definition) is 5. The molecule has 2 fully saturated rings. The van der Waals surface area contributed by atoms with E-state index in [0.29, 0.717) is 6.04 Å². The zero-order chi connectivity index (χ0) is 17.1. The van der Waals surface area contributed by atoms with Crippen LogP contribution < -0.4 is 0 Å². The topological polar surface area (TPSA) is 28.6 Å². The number of ether oxygens (including phenoxy) is 1. The minimum atomic E-state index is 0.113. The molecule has 4 rings (SSSR count). The Labute approximate surface area is 154 Å². The third-order valence-electron chi connectivity index (χ3n) is 5.75. The molecule has 4 nitrogen and oxygen atoms in total. The normalized spacial score (nSPS) is 23.5. The van der Waals surface area contributed by atoms with Crippen molar-refractivity contribution in [2.24, 2.45) is 0 Å². The molecule has 5 heteroatoms. The Morgan fingerprint density at radius 1 is 1.24 bits per heavy atom. The molecular weight excluding hydrogens is 330 g/mol. The molecule has 0 saturated carbocycles. The van der Waals surface area contributed by atoms with E-state index in [1.807, 2.05) is 12.4 Å². The van der Waals surface area contributed by atoms with Crippen molar-refractivity contribution in [3.63, 3.8) is 0 Å². The first-order valence-electron chi connectivity index (χ1n) is 9.19. The number of piperidine rings is 1. The van der Waals surface area contributed by atoms with Gasteiger partial charge >= 0.3 is 0 Å². The molecule has 25 heavy (non-hydrogen) atoms. The molecule has 2 aromatic rings. The van der Waals surface area contributed by atoms with E-state index in [0.717, 1.165) is 45.6 Å². The summed E-state index contributed by atoms with van der Waals surface area (Å²) in [6.07, 6.45) is 7.24. The van der Waals surface area contributed by atoms with E-state index in [9.17, 15) is 0 Å². The molecule has 0 unspecified atom stereocenters. The molecule has 1 atom stereocenters. The summed E-state index contributed by atoms with van der Waals surface area (Å²) in [6, 6.07) is 6.97. The maximum absolute atomic E-state index is 6.36. The average Bonchev–Trinajstić information content (AvgIpc) is 3.29. The van der Waals surface area contributed by atoms with Gasteiger partial charge in [0, 0.05) is 44.6 Å². The zero-order valence-corrected chi connectivity index (χ0v) is 15.8. The summed E-state index contributed by atoms with van der Waals surface area (Å²) in [5.74, 6) is 0. The summed E-state index contributed by atoms with van der Waals surface area (Å²) in [4.78, 5) is 9.13. The molecule has 0 N–H and O–H groups in total. The standard InChI is InChI=1S/C20H27N3OS/c1-22(13-17-2-7-21-8-3-17)19-12-20(24-15-19)5-9-23(10-6-20)14-18-4-11-25-16-18/h2-4,7-8,11,16,19H,5-6,9-10,12-15H2,1H3/t19-/m0/s1. The minimum Gasteiger partial charge on any atom is -0.373 e. The Bertz CT molecular complexity index is 653. The van der Waals surface area contributed by atoms with Gasteiger partial charge < -0.3 is 4.74 Å². The second-order valence-corrected chi connectivity index (χ2v) is 8.31. The quantitative estimate of drug-likeness (QED) is 0.820. The molecular formula is C20H27N3OS. The summed E-state index contributed by atoms with van der Waals surface area (Å²) in [6.45, 7) is 5.22. The molecule has 0 aromatic carbocycles. The van der Waals surface area contributed by atoms with Crippen molar-refractivity contribution in [3.05, 3.63) is 52.5 Å². The predicted molar refractivity (Wildman–Crippen MR) is 102 cm³/mol. The van der Waals surface area contributed by atoms with Gasteiger partial charge in [-0.1, -0.05) is 0 Å². The van der Waals surface area contributed by atoms with Crippen LogP contribution in [0.25, 0.3) is 0 Å². The number of pyridine rings is 1. The largest absolute Gasteiger partial charge is 0.373 e. The first kappa shape index (κ1) is 17.2. The van der Waals surface area contributed by atoms with Crippen LogP contribution in [0.4, 0.5) is 0 Å². The average molecular weight is 358 g/mol. The number of aromatic nitrogens is 1. The minimum absolute atomic E-state index is 0.113. The fourth-order valence-electron chi connectivity index (χ4n) is 4.12. The van der Waals surface area contributed by atoms with E-state index in [4.69, 9.17) is 4.74 Å². The molecule has 2 saturated heterocycles. The van der Waals surface area contributed by atoms with Crippen molar-refractivity contribution in [2.45, 2.75) is 44.0 Å². The number of likely N-dealkylation sites (N-methyl/N-ethyl adjacent to an activating group) is 1. The van der Waals surface area contributed by atoms with E-state index < -0.39 is 0 Å². The van der Waals surface area contributed by atoms with Crippen molar-refractivity contribution < 1.29 is 4.74 Å². The summed E-state index contributed by atoms with van der Waals surface area (Å²) >= 11 is 1.79. The fraction of sp³-hybridized carbons (Fsp3) is 0.550. The molecule has 134 valence electrons. The molecule has 0 amide bonds. The van der Waals surface area contributed by atoms with Gasteiger partial charge in [-0.3, -0.25) is 14.8 Å². The Morgan fingerprint density at radius 2 is 2.04 bits per heavy atom. The van der Waals surface area contributed by atoms with Gasteiger partial charge in [0.1, 0.15) is 0 Å². The van der Waals surface area contributed by atoms with Crippen LogP contribution >= 0.6 is 11.3 Å². The number of hydrogen-bond donors (Lipinski definition) is 0. The van der Waals surface area contributed by atoms with E-state index >= 15 is 0 Å². The van der Waals surface area contributed by atoms with Gasteiger partial charge in [-0.25, -0.2) is 0 Å². The molecule has 2 aliphatic heterocycles. The van der Waals surface area contributed by atoms with E-state index in [1.54, 1.807) is 11.3 Å². The van der Waals surface area contributed by atoms with Crippen LogP contribution in [-0.2, 0) is 17.8 Å². The second-order valence-electron chi connectivity index (χ2n) is 7.53. The van der Waals surface area contributed by atoms with Gasteiger partial charge in [-0.05, 0) is 66.4 Å². The highest BCUT2D eigenvalue weighted by Crippen LogP contribution is 2.38. The lowest BCUT2D eigenvalue weighted by atomic mass is 9.87. The van der Waals surface area contributed by atoms with E-state index in [2.05, 4.69) is 50.8 Å². The van der Waals surface area contributed by atoms with E-state index in [1.165, 1.54) is 17.5 Å². The molecule has 0 aliphatic carbocycles. The lowest BCUT2D eigenvalue weighted by molar-refractivity contribution is -0.0452. The highest BCUT2D eigenvalue weighted by molar-refractivity contribution is 7.07. The first-order chi connectivity index (χ1) is 12.2. The maximum atomic E-state index is 6.36. The Morgan fingerprint density at radius 3 is 2.76 bits per heavy atom. The second kappa shape index (κ2) is 7.54. The monoisotopic (exact) mass is 357 g/mol. The van der Waals surface area contributed by atoms with Gasteiger partial charge in [0.05, 0.1) is 12.2 Å². The van der Waals surface area contributed by atoms with Crippen LogP contribution in [0.5, 0.6) is 0 Å². The molecule has 2 aliphatic rings. The number of thiophene rings is 1. The van der Waals surface area contributed by atoms with Crippen LogP contribution in [0.2, 0.25) is 0 Å².